The average Bonchev–Trinajstić information content (AvgIpc) is 3.41. The Morgan fingerprint density at radius 1 is 0.864 bits per heavy atom. The van der Waals surface area contributed by atoms with Crippen molar-refractivity contribution in [2.75, 3.05) is 39.3 Å². The Hall–Kier alpha value is -3.22. The topological polar surface area (TPSA) is 127 Å². The lowest BCUT2D eigenvalue weighted by molar-refractivity contribution is -0.0183. The van der Waals surface area contributed by atoms with Gasteiger partial charge in [-0.05, 0) is 59.2 Å². The molecule has 0 atom stereocenters. The monoisotopic (exact) mass is 680 g/mol. The molecule has 0 saturated carbocycles. The first kappa shape index (κ1) is 33.7. The SMILES string of the molecule is CC(C)(C)OC(=O)N1CCC2(CC1)CN(Cc1cccc(Br)c1)C(=O)O2.CC(C)(C)OC(=O)N1CCC2(CC1)CNC(=O)O2. The van der Waals surface area contributed by atoms with Crippen molar-refractivity contribution in [3.63, 3.8) is 0 Å². The summed E-state index contributed by atoms with van der Waals surface area (Å²) in [5.74, 6) is 0. The van der Waals surface area contributed by atoms with Gasteiger partial charge in [0.2, 0.25) is 0 Å². The van der Waals surface area contributed by atoms with Crippen molar-refractivity contribution in [2.45, 2.75) is 96.2 Å². The molecule has 13 heteroatoms. The first-order valence-corrected chi connectivity index (χ1v) is 15.9. The summed E-state index contributed by atoms with van der Waals surface area (Å²) in [5.41, 5.74) is -0.850. The van der Waals surface area contributed by atoms with Crippen molar-refractivity contribution in [3.8, 4) is 0 Å². The lowest BCUT2D eigenvalue weighted by atomic mass is 9.91. The van der Waals surface area contributed by atoms with Crippen molar-refractivity contribution in [3.05, 3.63) is 34.3 Å². The van der Waals surface area contributed by atoms with E-state index in [-0.39, 0.29) is 24.4 Å². The van der Waals surface area contributed by atoms with Crippen molar-refractivity contribution in [2.24, 2.45) is 0 Å². The van der Waals surface area contributed by atoms with Crippen LogP contribution in [0.5, 0.6) is 0 Å². The molecule has 0 aliphatic carbocycles. The van der Waals surface area contributed by atoms with E-state index < -0.39 is 22.4 Å². The Morgan fingerprint density at radius 3 is 1.84 bits per heavy atom. The highest BCUT2D eigenvalue weighted by Gasteiger charge is 2.48. The number of hydrogen-bond acceptors (Lipinski definition) is 8. The molecule has 0 unspecified atom stereocenters. The van der Waals surface area contributed by atoms with Gasteiger partial charge in [-0.1, -0.05) is 28.1 Å². The molecule has 0 bridgehead atoms. The number of rotatable bonds is 2. The molecule has 4 amide bonds. The minimum atomic E-state index is -0.507. The number of alkyl carbamates (subject to hydrolysis) is 1. The first-order chi connectivity index (χ1) is 20.5. The summed E-state index contributed by atoms with van der Waals surface area (Å²) in [7, 11) is 0. The normalized spacial score (nSPS) is 20.8. The fourth-order valence-corrected chi connectivity index (χ4v) is 6.00. The fourth-order valence-electron chi connectivity index (χ4n) is 5.56. The Kier molecular flexibility index (Phi) is 9.96. The molecule has 1 aromatic rings. The predicted molar refractivity (Wildman–Crippen MR) is 165 cm³/mol. The molecule has 5 rings (SSSR count). The van der Waals surface area contributed by atoms with E-state index in [4.69, 9.17) is 18.9 Å². The molecule has 4 saturated heterocycles. The van der Waals surface area contributed by atoms with Crippen LogP contribution >= 0.6 is 15.9 Å². The molecular formula is C31H45BrN4O8. The molecule has 1 aromatic carbocycles. The summed E-state index contributed by atoms with van der Waals surface area (Å²) in [4.78, 5) is 52.6. The van der Waals surface area contributed by atoms with Gasteiger partial charge in [0.15, 0.2) is 0 Å². The molecule has 44 heavy (non-hydrogen) atoms. The summed E-state index contributed by atoms with van der Waals surface area (Å²) >= 11 is 3.45. The van der Waals surface area contributed by atoms with Crippen molar-refractivity contribution < 1.29 is 38.1 Å². The number of piperidine rings is 2. The smallest absolute Gasteiger partial charge is 0.410 e. The van der Waals surface area contributed by atoms with Crippen LogP contribution in [0.25, 0.3) is 0 Å². The molecule has 1 N–H and O–H groups in total. The lowest BCUT2D eigenvalue weighted by Gasteiger charge is -2.37. The number of carbonyl (C=O) groups excluding carboxylic acids is 4. The Morgan fingerprint density at radius 2 is 1.39 bits per heavy atom. The molecular weight excluding hydrogens is 636 g/mol. The number of amides is 4. The molecule has 4 fully saturated rings. The summed E-state index contributed by atoms with van der Waals surface area (Å²) < 4.78 is 22.7. The van der Waals surface area contributed by atoms with Crippen molar-refractivity contribution >= 4 is 40.3 Å². The second-order valence-corrected chi connectivity index (χ2v) is 14.8. The van der Waals surface area contributed by atoms with Crippen LogP contribution in [-0.4, -0.2) is 101 Å². The van der Waals surface area contributed by atoms with Gasteiger partial charge in [-0.25, -0.2) is 19.2 Å². The number of nitrogens with one attached hydrogen (secondary N) is 1. The highest BCUT2D eigenvalue weighted by Crippen LogP contribution is 2.35. The van der Waals surface area contributed by atoms with Gasteiger partial charge in [-0.2, -0.15) is 0 Å². The summed E-state index contributed by atoms with van der Waals surface area (Å²) in [5, 5.41) is 2.67. The van der Waals surface area contributed by atoms with Gasteiger partial charge in [0.1, 0.15) is 22.4 Å². The van der Waals surface area contributed by atoms with E-state index in [1.54, 1.807) is 14.7 Å². The van der Waals surface area contributed by atoms with Gasteiger partial charge in [0, 0.05) is 62.9 Å². The minimum Gasteiger partial charge on any atom is -0.444 e. The molecule has 4 heterocycles. The number of carbonyl (C=O) groups is 4. The number of ether oxygens (including phenoxy) is 4. The van der Waals surface area contributed by atoms with Crippen molar-refractivity contribution in [1.29, 1.82) is 0 Å². The van der Waals surface area contributed by atoms with Gasteiger partial charge in [0.05, 0.1) is 13.1 Å². The van der Waals surface area contributed by atoms with Crippen LogP contribution in [0.3, 0.4) is 0 Å². The van der Waals surface area contributed by atoms with Crippen LogP contribution in [0.4, 0.5) is 19.2 Å². The Bertz CT molecular complexity index is 1230. The van der Waals surface area contributed by atoms with E-state index in [9.17, 15) is 19.2 Å². The van der Waals surface area contributed by atoms with Crippen LogP contribution in [0.1, 0.15) is 72.8 Å². The van der Waals surface area contributed by atoms with Gasteiger partial charge in [0.25, 0.3) is 0 Å². The number of likely N-dealkylation sites (tertiary alicyclic amines) is 2. The number of benzene rings is 1. The standard InChI is InChI=1S/C19H25BrN2O4.C12H20N2O4/c1-18(2,3)25-16(23)21-9-7-19(8-10-21)13-22(17(24)26-19)12-14-5-4-6-15(20)11-14;1-11(2,3)18-10(16)14-6-4-12(5-7-14)8-13-9(15)17-12/h4-6,11H,7-10,12-13H2,1-3H3;4-8H2,1-3H3,(H,13,15). The number of halogens is 1. The highest BCUT2D eigenvalue weighted by atomic mass is 79.9. The second kappa shape index (κ2) is 13.0. The predicted octanol–water partition coefficient (Wildman–Crippen LogP) is 5.67. The zero-order valence-corrected chi connectivity index (χ0v) is 28.2. The van der Waals surface area contributed by atoms with Crippen LogP contribution in [-0.2, 0) is 25.5 Å². The van der Waals surface area contributed by atoms with E-state index >= 15 is 0 Å². The maximum atomic E-state index is 12.3. The van der Waals surface area contributed by atoms with Gasteiger partial charge >= 0.3 is 24.4 Å². The van der Waals surface area contributed by atoms with Gasteiger partial charge < -0.3 is 34.1 Å². The summed E-state index contributed by atoms with van der Waals surface area (Å²) in [6, 6.07) is 7.91. The van der Waals surface area contributed by atoms with E-state index in [1.807, 2.05) is 65.8 Å². The van der Waals surface area contributed by atoms with Gasteiger partial charge in [-0.15, -0.1) is 0 Å². The Labute approximate surface area is 267 Å². The van der Waals surface area contributed by atoms with E-state index in [0.29, 0.717) is 71.5 Å². The molecule has 12 nitrogen and oxygen atoms in total. The summed E-state index contributed by atoms with van der Waals surface area (Å²) in [6.07, 6.45) is 1.34. The third-order valence-corrected chi connectivity index (χ3v) is 8.31. The van der Waals surface area contributed by atoms with E-state index in [2.05, 4.69) is 21.2 Å². The molecule has 0 aromatic heterocycles. The molecule has 4 aliphatic heterocycles. The fraction of sp³-hybridized carbons (Fsp3) is 0.677. The largest absolute Gasteiger partial charge is 0.444 e. The van der Waals surface area contributed by atoms with Crippen LogP contribution in [0.15, 0.2) is 28.7 Å². The average molecular weight is 682 g/mol. The summed E-state index contributed by atoms with van der Waals surface area (Å²) in [6.45, 7) is 14.9. The molecule has 2 spiro atoms. The maximum Gasteiger partial charge on any atom is 0.410 e. The minimum absolute atomic E-state index is 0.282. The maximum absolute atomic E-state index is 12.3. The third kappa shape index (κ3) is 9.15. The zero-order chi connectivity index (χ0) is 32.3. The first-order valence-electron chi connectivity index (χ1n) is 15.1. The van der Waals surface area contributed by atoms with Crippen LogP contribution in [0.2, 0.25) is 0 Å². The number of nitrogens with zero attached hydrogens (tertiary/aromatic N) is 3. The van der Waals surface area contributed by atoms with E-state index in [0.717, 1.165) is 10.0 Å². The van der Waals surface area contributed by atoms with Crippen LogP contribution < -0.4 is 5.32 Å². The van der Waals surface area contributed by atoms with Crippen LogP contribution in [0, 0.1) is 0 Å². The molecule has 244 valence electrons. The zero-order valence-electron chi connectivity index (χ0n) is 26.6. The second-order valence-electron chi connectivity index (χ2n) is 13.9. The van der Waals surface area contributed by atoms with Crippen molar-refractivity contribution in [1.82, 2.24) is 20.0 Å². The Balaban J connectivity index is 0.000000215. The van der Waals surface area contributed by atoms with E-state index in [1.165, 1.54) is 0 Å². The lowest BCUT2D eigenvalue weighted by Crippen LogP contribution is -2.49. The van der Waals surface area contributed by atoms with Gasteiger partial charge in [-0.3, -0.25) is 4.90 Å². The third-order valence-electron chi connectivity index (χ3n) is 7.82. The molecule has 0 radical (unpaired) electrons. The highest BCUT2D eigenvalue weighted by molar-refractivity contribution is 9.10. The number of hydrogen-bond donors (Lipinski definition) is 1. The molecule has 4 aliphatic rings. The quantitative estimate of drug-likeness (QED) is 0.396.